The molecule has 0 aliphatic carbocycles. The third-order valence-electron chi connectivity index (χ3n) is 2.95. The number of halogens is 1. The SMILES string of the molecule is Cc1csc(NC(=O)c2c[nH]c3c(F)cccc3c2=O)n1. The van der Waals surface area contributed by atoms with E-state index in [0.717, 1.165) is 5.69 Å². The lowest BCUT2D eigenvalue weighted by Gasteiger charge is -2.04. The molecule has 7 heteroatoms. The van der Waals surface area contributed by atoms with Gasteiger partial charge >= 0.3 is 0 Å². The quantitative estimate of drug-likeness (QED) is 0.764. The summed E-state index contributed by atoms with van der Waals surface area (Å²) in [5.74, 6) is -1.11. The summed E-state index contributed by atoms with van der Waals surface area (Å²) in [5.41, 5.74) is 0.268. The molecule has 0 aliphatic rings. The number of aryl methyl sites for hydroxylation is 1. The third kappa shape index (κ3) is 2.43. The molecule has 21 heavy (non-hydrogen) atoms. The van der Waals surface area contributed by atoms with Crippen LogP contribution in [0.4, 0.5) is 9.52 Å². The van der Waals surface area contributed by atoms with Crippen LogP contribution in [-0.2, 0) is 0 Å². The molecule has 2 aromatic heterocycles. The zero-order chi connectivity index (χ0) is 15.0. The standard InChI is InChI=1S/C14H10FN3O2S/c1-7-6-21-14(17-7)18-13(20)9-5-16-11-8(12(9)19)3-2-4-10(11)15/h2-6H,1H3,(H,16,19)(H,17,18,20). The molecule has 5 nitrogen and oxygen atoms in total. The first-order valence-electron chi connectivity index (χ1n) is 6.09. The Kier molecular flexibility index (Phi) is 3.26. The molecule has 106 valence electrons. The van der Waals surface area contributed by atoms with E-state index in [1.807, 2.05) is 0 Å². The summed E-state index contributed by atoms with van der Waals surface area (Å²) in [4.78, 5) is 31.1. The highest BCUT2D eigenvalue weighted by molar-refractivity contribution is 7.13. The summed E-state index contributed by atoms with van der Waals surface area (Å²) >= 11 is 1.27. The zero-order valence-electron chi connectivity index (χ0n) is 10.9. The van der Waals surface area contributed by atoms with Crippen LogP contribution in [0.3, 0.4) is 0 Å². The Labute approximate surface area is 122 Å². The number of anilines is 1. The number of hydrogen-bond donors (Lipinski definition) is 2. The molecule has 0 saturated carbocycles. The number of nitrogens with zero attached hydrogens (tertiary/aromatic N) is 1. The smallest absolute Gasteiger partial charge is 0.262 e. The van der Waals surface area contributed by atoms with Crippen LogP contribution >= 0.6 is 11.3 Å². The van der Waals surface area contributed by atoms with Crippen LogP contribution in [0.15, 0.2) is 34.6 Å². The van der Waals surface area contributed by atoms with Crippen LogP contribution in [0.1, 0.15) is 16.1 Å². The van der Waals surface area contributed by atoms with E-state index in [1.165, 1.54) is 35.7 Å². The Hall–Kier alpha value is -2.54. The highest BCUT2D eigenvalue weighted by Crippen LogP contribution is 2.16. The summed E-state index contributed by atoms with van der Waals surface area (Å²) in [6, 6.07) is 4.15. The van der Waals surface area contributed by atoms with Crippen molar-refractivity contribution in [3.63, 3.8) is 0 Å². The van der Waals surface area contributed by atoms with Gasteiger partial charge in [0, 0.05) is 17.0 Å². The maximum absolute atomic E-state index is 13.6. The third-order valence-corrected chi connectivity index (χ3v) is 3.82. The van der Waals surface area contributed by atoms with Gasteiger partial charge in [-0.15, -0.1) is 11.3 Å². The van der Waals surface area contributed by atoms with Crippen molar-refractivity contribution in [2.75, 3.05) is 5.32 Å². The van der Waals surface area contributed by atoms with Crippen LogP contribution in [0.5, 0.6) is 0 Å². The van der Waals surface area contributed by atoms with Gasteiger partial charge in [-0.05, 0) is 19.1 Å². The van der Waals surface area contributed by atoms with Crippen molar-refractivity contribution in [1.82, 2.24) is 9.97 Å². The first-order valence-corrected chi connectivity index (χ1v) is 6.97. The summed E-state index contributed by atoms with van der Waals surface area (Å²) < 4.78 is 13.6. The number of benzene rings is 1. The van der Waals surface area contributed by atoms with Crippen LogP contribution in [0.2, 0.25) is 0 Å². The van der Waals surface area contributed by atoms with Gasteiger partial charge < -0.3 is 4.98 Å². The normalized spacial score (nSPS) is 10.8. The van der Waals surface area contributed by atoms with E-state index in [1.54, 1.807) is 12.3 Å². The number of thiazole rings is 1. The number of H-pyrrole nitrogens is 1. The van der Waals surface area contributed by atoms with Gasteiger partial charge in [-0.2, -0.15) is 0 Å². The van der Waals surface area contributed by atoms with Crippen molar-refractivity contribution in [2.24, 2.45) is 0 Å². The number of rotatable bonds is 2. The number of amides is 1. The number of aromatic amines is 1. The van der Waals surface area contributed by atoms with Crippen molar-refractivity contribution in [3.8, 4) is 0 Å². The van der Waals surface area contributed by atoms with E-state index in [2.05, 4.69) is 15.3 Å². The van der Waals surface area contributed by atoms with Gasteiger partial charge in [0.25, 0.3) is 5.91 Å². The molecule has 3 rings (SSSR count). The van der Waals surface area contributed by atoms with E-state index in [4.69, 9.17) is 0 Å². The van der Waals surface area contributed by atoms with Gasteiger partial charge in [-0.1, -0.05) is 6.07 Å². The molecule has 3 aromatic rings. The molecule has 0 bridgehead atoms. The molecule has 1 aromatic carbocycles. The topological polar surface area (TPSA) is 74.8 Å². The molecule has 0 radical (unpaired) electrons. The second-order valence-electron chi connectivity index (χ2n) is 4.44. The number of aromatic nitrogens is 2. The number of carbonyl (C=O) groups is 1. The number of hydrogen-bond acceptors (Lipinski definition) is 4. The number of nitrogens with one attached hydrogen (secondary N) is 2. The lowest BCUT2D eigenvalue weighted by molar-refractivity contribution is 0.102. The van der Waals surface area contributed by atoms with Crippen molar-refractivity contribution >= 4 is 33.3 Å². The second kappa shape index (κ2) is 5.10. The fourth-order valence-corrected chi connectivity index (χ4v) is 2.64. The summed E-state index contributed by atoms with van der Waals surface area (Å²) in [5, 5.41) is 4.89. The van der Waals surface area contributed by atoms with Crippen LogP contribution in [0, 0.1) is 12.7 Å². The monoisotopic (exact) mass is 303 g/mol. The molecule has 0 fully saturated rings. The van der Waals surface area contributed by atoms with Crippen molar-refractivity contribution in [3.05, 3.63) is 57.1 Å². The first kappa shape index (κ1) is 13.4. The number of carbonyl (C=O) groups excluding carboxylic acids is 1. The fraction of sp³-hybridized carbons (Fsp3) is 0.0714. The minimum absolute atomic E-state index is 0.0825. The first-order chi connectivity index (χ1) is 10.1. The van der Waals surface area contributed by atoms with Gasteiger partial charge in [0.05, 0.1) is 11.2 Å². The summed E-state index contributed by atoms with van der Waals surface area (Å²) in [6.07, 6.45) is 1.21. The molecule has 0 saturated heterocycles. The van der Waals surface area contributed by atoms with Crippen molar-refractivity contribution in [1.29, 1.82) is 0 Å². The van der Waals surface area contributed by atoms with Gasteiger partial charge in [0.2, 0.25) is 5.43 Å². The van der Waals surface area contributed by atoms with Gasteiger partial charge in [0.1, 0.15) is 11.4 Å². The average Bonchev–Trinajstić information content (AvgIpc) is 2.85. The summed E-state index contributed by atoms with van der Waals surface area (Å²) in [7, 11) is 0. The average molecular weight is 303 g/mol. The highest BCUT2D eigenvalue weighted by Gasteiger charge is 2.15. The predicted octanol–water partition coefficient (Wildman–Crippen LogP) is 2.68. The lowest BCUT2D eigenvalue weighted by atomic mass is 10.1. The number of pyridine rings is 1. The maximum atomic E-state index is 13.6. The minimum Gasteiger partial charge on any atom is -0.358 e. The molecular formula is C14H10FN3O2S. The predicted molar refractivity (Wildman–Crippen MR) is 79.3 cm³/mol. The summed E-state index contributed by atoms with van der Waals surface area (Å²) in [6.45, 7) is 1.80. The largest absolute Gasteiger partial charge is 0.358 e. The van der Waals surface area contributed by atoms with Gasteiger partial charge in [-0.25, -0.2) is 9.37 Å². The Morgan fingerprint density at radius 2 is 2.24 bits per heavy atom. The molecule has 0 spiro atoms. The highest BCUT2D eigenvalue weighted by atomic mass is 32.1. The van der Waals surface area contributed by atoms with Crippen LogP contribution in [0.25, 0.3) is 10.9 Å². The molecule has 2 N–H and O–H groups in total. The Morgan fingerprint density at radius 3 is 2.95 bits per heavy atom. The molecule has 0 atom stereocenters. The Morgan fingerprint density at radius 1 is 1.43 bits per heavy atom. The molecule has 0 aliphatic heterocycles. The minimum atomic E-state index is -0.572. The number of fused-ring (bicyclic) bond motifs is 1. The van der Waals surface area contributed by atoms with Crippen LogP contribution in [-0.4, -0.2) is 15.9 Å². The van der Waals surface area contributed by atoms with Gasteiger partial charge in [0.15, 0.2) is 5.13 Å². The van der Waals surface area contributed by atoms with Crippen molar-refractivity contribution in [2.45, 2.75) is 6.92 Å². The second-order valence-corrected chi connectivity index (χ2v) is 5.30. The van der Waals surface area contributed by atoms with E-state index >= 15 is 0 Å². The Balaban J connectivity index is 2.03. The zero-order valence-corrected chi connectivity index (χ0v) is 11.8. The molecular weight excluding hydrogens is 293 g/mol. The lowest BCUT2D eigenvalue weighted by Crippen LogP contribution is -2.22. The Bertz CT molecular complexity index is 901. The maximum Gasteiger partial charge on any atom is 0.262 e. The number of para-hydroxylation sites is 1. The van der Waals surface area contributed by atoms with Crippen molar-refractivity contribution < 1.29 is 9.18 Å². The fourth-order valence-electron chi connectivity index (χ4n) is 1.96. The molecule has 0 unspecified atom stereocenters. The molecule has 1 amide bonds. The van der Waals surface area contributed by atoms with E-state index < -0.39 is 17.2 Å². The van der Waals surface area contributed by atoms with E-state index in [-0.39, 0.29) is 16.5 Å². The van der Waals surface area contributed by atoms with E-state index in [0.29, 0.717) is 5.13 Å². The van der Waals surface area contributed by atoms with Crippen LogP contribution < -0.4 is 10.7 Å². The van der Waals surface area contributed by atoms with Gasteiger partial charge in [-0.3, -0.25) is 14.9 Å². The molecule has 2 heterocycles. The van der Waals surface area contributed by atoms with E-state index in [9.17, 15) is 14.0 Å².